The van der Waals surface area contributed by atoms with Crippen molar-refractivity contribution in [1.82, 2.24) is 0 Å². The van der Waals surface area contributed by atoms with Gasteiger partial charge in [0.25, 0.3) is 0 Å². The van der Waals surface area contributed by atoms with E-state index in [1.54, 1.807) is 0 Å². The molecule has 0 bridgehead atoms. The van der Waals surface area contributed by atoms with E-state index in [9.17, 15) is 9.90 Å². The zero-order valence-electron chi connectivity index (χ0n) is 17.2. The van der Waals surface area contributed by atoms with E-state index in [0.717, 1.165) is 12.8 Å². The van der Waals surface area contributed by atoms with Crippen LogP contribution < -0.4 is 0 Å². The number of unbranched alkanes of at least 4 members (excludes halogenated alkanes) is 15. The van der Waals surface area contributed by atoms with Crippen LogP contribution in [0.15, 0.2) is 0 Å². The van der Waals surface area contributed by atoms with Crippen LogP contribution in [0, 0.1) is 0 Å². The molecule has 1 atom stereocenters. The van der Waals surface area contributed by atoms with Gasteiger partial charge in [0.15, 0.2) is 0 Å². The van der Waals surface area contributed by atoms with Crippen LogP contribution in [0.25, 0.3) is 0 Å². The van der Waals surface area contributed by atoms with Gasteiger partial charge in [0.1, 0.15) is 6.61 Å². The fourth-order valence-corrected chi connectivity index (χ4v) is 3.29. The predicted molar refractivity (Wildman–Crippen MR) is 109 cm³/mol. The van der Waals surface area contributed by atoms with Crippen LogP contribution >= 0.6 is 0 Å². The quantitative estimate of drug-likeness (QED) is 0.239. The van der Waals surface area contributed by atoms with Crippen LogP contribution in [0.1, 0.15) is 116 Å². The lowest BCUT2D eigenvalue weighted by atomic mass is 10.0. The Balaban J connectivity index is 3.10. The Bertz CT molecular complexity index is 294. The number of aliphatic hydroxyl groups is 1. The Kier molecular flexibility index (Phi) is 20.2. The largest absolute Gasteiger partial charge is 0.480 e. The molecule has 0 saturated carbocycles. The second kappa shape index (κ2) is 20.7. The molecule has 0 amide bonds. The number of carbonyl (C=O) groups is 1. The summed E-state index contributed by atoms with van der Waals surface area (Å²) in [5.74, 6) is -0.986. The molecule has 4 heteroatoms. The van der Waals surface area contributed by atoms with E-state index in [-0.39, 0.29) is 13.2 Å². The summed E-state index contributed by atoms with van der Waals surface area (Å²) in [4.78, 5) is 10.3. The molecule has 0 aromatic heterocycles. The molecular weight excluding hydrogens is 328 g/mol. The maximum atomic E-state index is 10.3. The molecule has 0 saturated heterocycles. The van der Waals surface area contributed by atoms with Crippen molar-refractivity contribution < 1.29 is 19.7 Å². The van der Waals surface area contributed by atoms with Crippen molar-refractivity contribution in [3.8, 4) is 0 Å². The van der Waals surface area contributed by atoms with E-state index in [2.05, 4.69) is 6.92 Å². The second-order valence-electron chi connectivity index (χ2n) is 7.65. The molecular formula is C22H44O4. The van der Waals surface area contributed by atoms with Gasteiger partial charge in [-0.1, -0.05) is 110 Å². The van der Waals surface area contributed by atoms with Crippen molar-refractivity contribution in [2.24, 2.45) is 0 Å². The maximum Gasteiger partial charge on any atom is 0.329 e. The second-order valence-corrected chi connectivity index (χ2v) is 7.65. The summed E-state index contributed by atoms with van der Waals surface area (Å²) in [7, 11) is 0. The van der Waals surface area contributed by atoms with E-state index in [0.29, 0.717) is 6.42 Å². The van der Waals surface area contributed by atoms with Gasteiger partial charge in [0.2, 0.25) is 0 Å². The molecule has 0 aromatic rings. The number of hydrogen-bond acceptors (Lipinski definition) is 3. The average molecular weight is 373 g/mol. The lowest BCUT2D eigenvalue weighted by molar-refractivity contribution is -0.143. The number of aliphatic hydroxyl groups excluding tert-OH is 1. The predicted octanol–water partition coefficient (Wildman–Crippen LogP) is 6.10. The highest BCUT2D eigenvalue weighted by Crippen LogP contribution is 2.14. The molecule has 0 spiro atoms. The summed E-state index contributed by atoms with van der Waals surface area (Å²) < 4.78 is 4.89. The highest BCUT2D eigenvalue weighted by Gasteiger charge is 2.05. The van der Waals surface area contributed by atoms with Gasteiger partial charge >= 0.3 is 5.97 Å². The Morgan fingerprint density at radius 2 is 1.12 bits per heavy atom. The number of hydrogen-bond donors (Lipinski definition) is 2. The molecule has 0 radical (unpaired) electrons. The molecule has 0 aliphatic heterocycles. The maximum absolute atomic E-state index is 10.3. The minimum Gasteiger partial charge on any atom is -0.480 e. The number of aliphatic carboxylic acids is 1. The molecule has 4 nitrogen and oxygen atoms in total. The Labute approximate surface area is 161 Å². The lowest BCUT2D eigenvalue weighted by Gasteiger charge is -2.10. The van der Waals surface area contributed by atoms with Crippen molar-refractivity contribution in [2.75, 3.05) is 13.2 Å². The average Bonchev–Trinajstić information content (AvgIpc) is 2.61. The third-order valence-corrected chi connectivity index (χ3v) is 4.93. The molecule has 26 heavy (non-hydrogen) atoms. The minimum absolute atomic E-state index is 0.130. The zero-order valence-corrected chi connectivity index (χ0v) is 17.2. The van der Waals surface area contributed by atoms with Crippen LogP contribution in [0.3, 0.4) is 0 Å². The van der Waals surface area contributed by atoms with Crippen molar-refractivity contribution in [3.63, 3.8) is 0 Å². The van der Waals surface area contributed by atoms with Gasteiger partial charge in [-0.15, -0.1) is 0 Å². The fourth-order valence-electron chi connectivity index (χ4n) is 3.29. The Morgan fingerprint density at radius 3 is 1.50 bits per heavy atom. The number of carboxylic acid groups (broad SMARTS) is 1. The standard InChI is InChI=1S/C22H44O4/c1-2-3-4-5-6-7-8-9-10-11-12-13-14-15-16-17-18-21(23)19-26-20-22(24)25/h21,23H,2-20H2,1H3,(H,24,25). The highest BCUT2D eigenvalue weighted by molar-refractivity contribution is 5.67. The van der Waals surface area contributed by atoms with Crippen molar-refractivity contribution in [3.05, 3.63) is 0 Å². The molecule has 1 unspecified atom stereocenters. The SMILES string of the molecule is CCCCCCCCCCCCCCCCCCC(O)COCC(=O)O. The summed E-state index contributed by atoms with van der Waals surface area (Å²) in [5, 5.41) is 18.1. The van der Waals surface area contributed by atoms with E-state index in [4.69, 9.17) is 9.84 Å². The topological polar surface area (TPSA) is 66.8 Å². The normalized spacial score (nSPS) is 12.4. The van der Waals surface area contributed by atoms with Gasteiger partial charge in [0, 0.05) is 0 Å². The Hall–Kier alpha value is -0.610. The van der Waals surface area contributed by atoms with Gasteiger partial charge in [-0.3, -0.25) is 0 Å². The van der Waals surface area contributed by atoms with Crippen LogP contribution in [-0.4, -0.2) is 35.5 Å². The van der Waals surface area contributed by atoms with Crippen molar-refractivity contribution in [1.29, 1.82) is 0 Å². The van der Waals surface area contributed by atoms with Gasteiger partial charge in [-0.25, -0.2) is 4.79 Å². The number of rotatable bonds is 21. The van der Waals surface area contributed by atoms with Crippen LogP contribution in [0.5, 0.6) is 0 Å². The van der Waals surface area contributed by atoms with Crippen molar-refractivity contribution >= 4 is 5.97 Å². The summed E-state index contributed by atoms with van der Waals surface area (Å²) >= 11 is 0. The van der Waals surface area contributed by atoms with Crippen molar-refractivity contribution in [2.45, 2.75) is 122 Å². The zero-order chi connectivity index (χ0) is 19.3. The summed E-state index contributed by atoms with van der Waals surface area (Å²) in [6, 6.07) is 0. The van der Waals surface area contributed by atoms with Gasteiger partial charge in [-0.05, 0) is 6.42 Å². The van der Waals surface area contributed by atoms with Crippen LogP contribution in [0.4, 0.5) is 0 Å². The highest BCUT2D eigenvalue weighted by atomic mass is 16.5. The Morgan fingerprint density at radius 1 is 0.731 bits per heavy atom. The first-order chi connectivity index (χ1) is 12.7. The fraction of sp³-hybridized carbons (Fsp3) is 0.955. The summed E-state index contributed by atoms with van der Waals surface area (Å²) in [6.45, 7) is 2.08. The summed E-state index contributed by atoms with van der Waals surface area (Å²) in [5.41, 5.74) is 0. The van der Waals surface area contributed by atoms with E-state index in [1.165, 1.54) is 89.9 Å². The summed E-state index contributed by atoms with van der Waals surface area (Å²) in [6.07, 6.45) is 21.6. The minimum atomic E-state index is -0.986. The number of ether oxygens (including phenoxy) is 1. The third kappa shape index (κ3) is 21.4. The molecule has 0 aliphatic rings. The van der Waals surface area contributed by atoms with Crippen LogP contribution in [0.2, 0.25) is 0 Å². The molecule has 0 aliphatic carbocycles. The smallest absolute Gasteiger partial charge is 0.329 e. The molecule has 0 heterocycles. The van der Waals surface area contributed by atoms with E-state index < -0.39 is 12.1 Å². The molecule has 0 fully saturated rings. The van der Waals surface area contributed by atoms with Gasteiger partial charge in [-0.2, -0.15) is 0 Å². The lowest BCUT2D eigenvalue weighted by Crippen LogP contribution is -2.18. The van der Waals surface area contributed by atoms with Crippen LogP contribution in [-0.2, 0) is 9.53 Å². The first-order valence-electron chi connectivity index (χ1n) is 11.1. The number of carboxylic acids is 1. The molecule has 156 valence electrons. The van der Waals surface area contributed by atoms with E-state index in [1.807, 2.05) is 0 Å². The first kappa shape index (κ1) is 25.4. The van der Waals surface area contributed by atoms with E-state index >= 15 is 0 Å². The third-order valence-electron chi connectivity index (χ3n) is 4.93. The monoisotopic (exact) mass is 372 g/mol. The van der Waals surface area contributed by atoms with Gasteiger partial charge < -0.3 is 14.9 Å². The van der Waals surface area contributed by atoms with Gasteiger partial charge in [0.05, 0.1) is 12.7 Å². The first-order valence-corrected chi connectivity index (χ1v) is 11.1. The molecule has 0 aromatic carbocycles. The molecule has 0 rings (SSSR count). The molecule has 2 N–H and O–H groups in total.